The first-order chi connectivity index (χ1) is 31.3. The molecule has 0 atom stereocenters. The van der Waals surface area contributed by atoms with E-state index in [1.165, 1.54) is 66.4 Å². The predicted molar refractivity (Wildman–Crippen MR) is 262 cm³/mol. The van der Waals surface area contributed by atoms with Crippen LogP contribution < -0.4 is 0 Å². The molecule has 12 rings (SSSR count). The summed E-state index contributed by atoms with van der Waals surface area (Å²) in [4.78, 5) is 10.7. The fourth-order valence-corrected chi connectivity index (χ4v) is 10.3. The first-order valence-corrected chi connectivity index (χ1v) is 21.7. The normalized spacial score (nSPS) is 12.6. The van der Waals surface area contributed by atoms with E-state index in [4.69, 9.17) is 9.97 Å². The van der Waals surface area contributed by atoms with Crippen LogP contribution in [0.1, 0.15) is 22.3 Å². The summed E-state index contributed by atoms with van der Waals surface area (Å²) >= 11 is 0. The van der Waals surface area contributed by atoms with E-state index in [1.54, 1.807) is 0 Å². The van der Waals surface area contributed by atoms with E-state index < -0.39 is 5.41 Å². The molecule has 1 aliphatic rings. The van der Waals surface area contributed by atoms with Crippen molar-refractivity contribution >= 4 is 21.5 Å². The van der Waals surface area contributed by atoms with Crippen LogP contribution in [0.4, 0.5) is 0 Å². The van der Waals surface area contributed by atoms with Crippen molar-refractivity contribution in [3.05, 3.63) is 265 Å². The number of nitrogens with zero attached hydrogens (tertiary/aromatic N) is 2. The third-order valence-electron chi connectivity index (χ3n) is 13.0. The molecule has 0 aliphatic heterocycles. The van der Waals surface area contributed by atoms with Crippen molar-refractivity contribution in [2.45, 2.75) is 5.41 Å². The van der Waals surface area contributed by atoms with E-state index in [0.717, 1.165) is 38.9 Å². The van der Waals surface area contributed by atoms with Gasteiger partial charge in [0.15, 0.2) is 5.82 Å². The summed E-state index contributed by atoms with van der Waals surface area (Å²) in [7, 11) is 0. The highest BCUT2D eigenvalue weighted by atomic mass is 14.9. The third kappa shape index (κ3) is 5.87. The van der Waals surface area contributed by atoms with Crippen LogP contribution >= 0.6 is 0 Å². The molecular formula is C61H40N2. The molecule has 0 N–H and O–H groups in total. The molecule has 10 aromatic carbocycles. The average Bonchev–Trinajstić information content (AvgIpc) is 3.68. The number of hydrogen-bond donors (Lipinski definition) is 0. The molecule has 2 heteroatoms. The van der Waals surface area contributed by atoms with Gasteiger partial charge in [0.05, 0.1) is 16.8 Å². The maximum atomic E-state index is 5.36. The van der Waals surface area contributed by atoms with Crippen molar-refractivity contribution in [2.24, 2.45) is 0 Å². The minimum absolute atomic E-state index is 0.477. The van der Waals surface area contributed by atoms with Crippen molar-refractivity contribution in [3.8, 4) is 67.3 Å². The van der Waals surface area contributed by atoms with Gasteiger partial charge in [-0.3, -0.25) is 0 Å². The number of rotatable bonds is 7. The monoisotopic (exact) mass is 800 g/mol. The summed E-state index contributed by atoms with van der Waals surface area (Å²) in [6, 6.07) is 87.7. The van der Waals surface area contributed by atoms with Gasteiger partial charge < -0.3 is 0 Å². The van der Waals surface area contributed by atoms with Crippen molar-refractivity contribution < 1.29 is 0 Å². The second kappa shape index (κ2) is 15.1. The Hall–Kier alpha value is -8.20. The van der Waals surface area contributed by atoms with Crippen molar-refractivity contribution in [1.29, 1.82) is 0 Å². The lowest BCUT2D eigenvalue weighted by atomic mass is 9.67. The second-order valence-electron chi connectivity index (χ2n) is 16.4. The van der Waals surface area contributed by atoms with Gasteiger partial charge in [0.2, 0.25) is 0 Å². The molecule has 0 saturated carbocycles. The first kappa shape index (κ1) is 36.6. The molecule has 0 bridgehead atoms. The van der Waals surface area contributed by atoms with Crippen molar-refractivity contribution in [2.75, 3.05) is 0 Å². The Balaban J connectivity index is 1.07. The molecular weight excluding hydrogens is 761 g/mol. The zero-order valence-electron chi connectivity index (χ0n) is 34.5. The Morgan fingerprint density at radius 3 is 1.27 bits per heavy atom. The number of hydrogen-bond acceptors (Lipinski definition) is 2. The molecule has 1 heterocycles. The molecule has 0 spiro atoms. The Bertz CT molecular complexity index is 3450. The van der Waals surface area contributed by atoms with E-state index in [9.17, 15) is 0 Å². The topological polar surface area (TPSA) is 25.8 Å². The van der Waals surface area contributed by atoms with E-state index in [-0.39, 0.29) is 0 Å². The highest BCUT2D eigenvalue weighted by Crippen LogP contribution is 2.58. The lowest BCUT2D eigenvalue weighted by Crippen LogP contribution is -2.28. The molecule has 0 radical (unpaired) electrons. The van der Waals surface area contributed by atoms with E-state index in [0.29, 0.717) is 5.82 Å². The Labute approximate surface area is 367 Å². The van der Waals surface area contributed by atoms with Crippen LogP contribution in [0.15, 0.2) is 243 Å². The third-order valence-corrected chi connectivity index (χ3v) is 13.0. The molecule has 11 aromatic rings. The molecule has 1 aromatic heterocycles. The highest BCUT2D eigenvalue weighted by molar-refractivity contribution is 6.09. The fraction of sp³-hybridized carbons (Fsp3) is 0.0164. The Morgan fingerprint density at radius 2 is 0.683 bits per heavy atom. The average molecular weight is 801 g/mol. The summed E-state index contributed by atoms with van der Waals surface area (Å²) < 4.78 is 0. The Kier molecular flexibility index (Phi) is 8.76. The van der Waals surface area contributed by atoms with Gasteiger partial charge in [0, 0.05) is 16.7 Å². The van der Waals surface area contributed by atoms with Gasteiger partial charge in [-0.15, -0.1) is 0 Å². The van der Waals surface area contributed by atoms with Crippen LogP contribution in [-0.2, 0) is 5.41 Å². The second-order valence-corrected chi connectivity index (χ2v) is 16.4. The minimum Gasteiger partial charge on any atom is -0.228 e. The number of benzene rings is 10. The summed E-state index contributed by atoms with van der Waals surface area (Å²) in [5, 5.41) is 4.67. The summed E-state index contributed by atoms with van der Waals surface area (Å²) in [5.74, 6) is 0.697. The van der Waals surface area contributed by atoms with Crippen molar-refractivity contribution in [3.63, 3.8) is 0 Å². The molecule has 0 amide bonds. The lowest BCUT2D eigenvalue weighted by molar-refractivity contribution is 0.768. The maximum Gasteiger partial charge on any atom is 0.160 e. The van der Waals surface area contributed by atoms with Crippen LogP contribution in [0.2, 0.25) is 0 Å². The zero-order valence-corrected chi connectivity index (χ0v) is 34.5. The number of fused-ring (bicyclic) bond motifs is 5. The molecule has 294 valence electrons. The molecule has 1 aliphatic carbocycles. The molecule has 0 saturated heterocycles. The summed E-state index contributed by atoms with van der Waals surface area (Å²) in [5.41, 5.74) is 16.9. The lowest BCUT2D eigenvalue weighted by Gasteiger charge is -2.34. The fourth-order valence-electron chi connectivity index (χ4n) is 10.3. The largest absolute Gasteiger partial charge is 0.228 e. The van der Waals surface area contributed by atoms with Crippen LogP contribution in [0, 0.1) is 0 Å². The van der Waals surface area contributed by atoms with Crippen LogP contribution in [0.3, 0.4) is 0 Å². The van der Waals surface area contributed by atoms with Gasteiger partial charge in [-0.1, -0.05) is 237 Å². The summed E-state index contributed by atoms with van der Waals surface area (Å²) in [6.07, 6.45) is 0. The Morgan fingerprint density at radius 1 is 0.270 bits per heavy atom. The van der Waals surface area contributed by atoms with Crippen LogP contribution in [0.5, 0.6) is 0 Å². The smallest absolute Gasteiger partial charge is 0.160 e. The van der Waals surface area contributed by atoms with Crippen LogP contribution in [-0.4, -0.2) is 9.97 Å². The van der Waals surface area contributed by atoms with Gasteiger partial charge in [-0.2, -0.15) is 0 Å². The maximum absolute atomic E-state index is 5.36. The SMILES string of the molecule is c1ccc(-c2nc(-c3ccc(-c4ccccc4)c4ccccc34)cc(-c3ccc(-c4cccc5c4-c4ccccc4C5(c4ccccc4)c4ccccc4)c4ccccc34)n2)cc1. The van der Waals surface area contributed by atoms with Gasteiger partial charge in [-0.05, 0) is 83.2 Å². The highest BCUT2D eigenvalue weighted by Gasteiger charge is 2.46. The van der Waals surface area contributed by atoms with Crippen LogP contribution in [0.25, 0.3) is 88.8 Å². The van der Waals surface area contributed by atoms with E-state index in [1.807, 2.05) is 6.07 Å². The molecule has 63 heavy (non-hydrogen) atoms. The minimum atomic E-state index is -0.477. The molecule has 0 fully saturated rings. The quantitative estimate of drug-likeness (QED) is 0.160. The van der Waals surface area contributed by atoms with Gasteiger partial charge in [0.1, 0.15) is 0 Å². The molecule has 2 nitrogen and oxygen atoms in total. The summed E-state index contributed by atoms with van der Waals surface area (Å²) in [6.45, 7) is 0. The van der Waals surface area contributed by atoms with Gasteiger partial charge in [-0.25, -0.2) is 9.97 Å². The van der Waals surface area contributed by atoms with Gasteiger partial charge in [0.25, 0.3) is 0 Å². The van der Waals surface area contributed by atoms with E-state index in [2.05, 4.69) is 237 Å². The number of aromatic nitrogens is 2. The van der Waals surface area contributed by atoms with Gasteiger partial charge >= 0.3 is 0 Å². The first-order valence-electron chi connectivity index (χ1n) is 21.7. The molecule has 0 unspecified atom stereocenters. The zero-order chi connectivity index (χ0) is 41.7. The standard InChI is InChI=1S/C61H40N2/c1-5-20-41(21-6-1)45-36-38-51(48-30-15-13-28-46(45)48)57-40-58(63-60(62-57)42-22-7-2-8-23-42)52-39-37-50(47-29-14-16-31-49(47)52)53-33-19-35-56-59(53)54-32-17-18-34-55(54)61(56,43-24-9-3-10-25-43)44-26-11-4-12-27-44/h1-40H. The van der Waals surface area contributed by atoms with Crippen molar-refractivity contribution in [1.82, 2.24) is 9.97 Å². The van der Waals surface area contributed by atoms with E-state index >= 15 is 0 Å². The predicted octanol–water partition coefficient (Wildman–Crippen LogP) is 15.5.